The Bertz CT molecular complexity index is 450. The summed E-state index contributed by atoms with van der Waals surface area (Å²) in [7, 11) is 1.66. The first kappa shape index (κ1) is 9.33. The molecule has 0 amide bonds. The highest BCUT2D eigenvalue weighted by Crippen LogP contribution is 2.27. The van der Waals surface area contributed by atoms with Gasteiger partial charge in [0.05, 0.1) is 0 Å². The third kappa shape index (κ3) is 1.46. The van der Waals surface area contributed by atoms with E-state index in [9.17, 15) is 0 Å². The van der Waals surface area contributed by atoms with Crippen LogP contribution in [0.3, 0.4) is 0 Å². The van der Waals surface area contributed by atoms with Crippen molar-refractivity contribution in [3.05, 3.63) is 29.6 Å². The Hall–Kier alpha value is -0.230. The zero-order valence-corrected chi connectivity index (χ0v) is 10.4. The molecule has 2 rings (SSSR count). The predicted octanol–water partition coefficient (Wildman–Crippen LogP) is 3.50. The van der Waals surface area contributed by atoms with Crippen LogP contribution in [0.2, 0.25) is 0 Å². The number of hydrogen-bond acceptors (Lipinski definition) is 2. The second-order valence-corrected chi connectivity index (χ2v) is 4.70. The van der Waals surface area contributed by atoms with Gasteiger partial charge < -0.3 is 0 Å². The van der Waals surface area contributed by atoms with Gasteiger partial charge in [-0.05, 0) is 31.5 Å². The van der Waals surface area contributed by atoms with E-state index in [1.165, 1.54) is 16.6 Å². The fraction of sp³-hybridized carbons (Fsp3) is 0.222. The molecule has 0 aliphatic carbocycles. The van der Waals surface area contributed by atoms with Crippen LogP contribution in [0.4, 0.5) is 0 Å². The Balaban J connectivity index is 2.86. The lowest BCUT2D eigenvalue weighted by atomic mass is 10.2. The topological polar surface area (TPSA) is 17.8 Å². The molecule has 0 saturated heterocycles. The average Bonchev–Trinajstić information content (AvgIpc) is 2.43. The molecule has 13 heavy (non-hydrogen) atoms. The number of aromatic nitrogens is 2. The number of aryl methyl sites for hydroxylation is 2. The molecular formula is C9H9IN2S. The predicted molar refractivity (Wildman–Crippen MR) is 66.2 cm³/mol. The maximum absolute atomic E-state index is 4.37. The van der Waals surface area contributed by atoms with Crippen molar-refractivity contribution in [3.8, 4) is 0 Å². The Morgan fingerprint density at radius 3 is 2.92 bits per heavy atom. The molecule has 0 fully saturated rings. The number of pyridine rings is 1. The number of hydrogen-bond donors (Lipinski definition) is 0. The fourth-order valence-corrected chi connectivity index (χ4v) is 3.28. The van der Waals surface area contributed by atoms with Crippen molar-refractivity contribution in [2.75, 3.05) is 0 Å². The van der Waals surface area contributed by atoms with E-state index in [0.717, 1.165) is 5.65 Å². The maximum atomic E-state index is 4.37. The molecule has 0 saturated carbocycles. The summed E-state index contributed by atoms with van der Waals surface area (Å²) in [4.78, 5) is 4.37. The van der Waals surface area contributed by atoms with Gasteiger partial charge in [-0.15, -0.1) is 0 Å². The lowest BCUT2D eigenvalue weighted by molar-refractivity contribution is 1.18. The van der Waals surface area contributed by atoms with Crippen LogP contribution >= 0.6 is 30.3 Å². The van der Waals surface area contributed by atoms with Gasteiger partial charge in [0.1, 0.15) is 0 Å². The Labute approximate surface area is 93.4 Å². The quantitative estimate of drug-likeness (QED) is 0.751. The summed E-state index contributed by atoms with van der Waals surface area (Å²) < 4.78 is 2.14. The number of halogens is 1. The number of nitrogens with zero attached hydrogens (tertiary/aromatic N) is 2. The summed E-state index contributed by atoms with van der Waals surface area (Å²) in [5.74, 6) is 0. The van der Waals surface area contributed by atoms with E-state index in [0.29, 0.717) is 0 Å². The number of rotatable bonds is 1. The summed E-state index contributed by atoms with van der Waals surface area (Å²) in [6, 6.07) is 4.23. The molecule has 0 atom stereocenters. The summed E-state index contributed by atoms with van der Waals surface area (Å²) in [6.07, 6.45) is 1.86. The highest BCUT2D eigenvalue weighted by Gasteiger charge is 2.07. The Kier molecular flexibility index (Phi) is 2.51. The molecule has 0 N–H and O–H groups in total. The third-order valence-electron chi connectivity index (χ3n) is 2.12. The monoisotopic (exact) mass is 304 g/mol. The Morgan fingerprint density at radius 2 is 2.23 bits per heavy atom. The minimum atomic E-state index is 1.07. The largest absolute Gasteiger partial charge is 0.263 e. The van der Waals surface area contributed by atoms with Crippen LogP contribution in [0.25, 0.3) is 11.0 Å². The highest BCUT2D eigenvalue weighted by molar-refractivity contribution is 14.2. The van der Waals surface area contributed by atoms with Crippen molar-refractivity contribution < 1.29 is 0 Å². The molecule has 0 aliphatic rings. The zero-order chi connectivity index (χ0) is 9.42. The van der Waals surface area contributed by atoms with Crippen molar-refractivity contribution in [3.63, 3.8) is 0 Å². The van der Waals surface area contributed by atoms with Crippen molar-refractivity contribution in [2.45, 2.75) is 13.8 Å². The smallest absolute Gasteiger partial charge is 0.151 e. The molecule has 2 heterocycles. The van der Waals surface area contributed by atoms with Gasteiger partial charge in [-0.3, -0.25) is 3.97 Å². The van der Waals surface area contributed by atoms with Crippen molar-refractivity contribution >= 4 is 41.4 Å². The molecule has 4 heteroatoms. The normalized spacial score (nSPS) is 11.0. The SMILES string of the molecule is Cc1ccnc2c1cc(C)n2SI. The van der Waals surface area contributed by atoms with E-state index < -0.39 is 0 Å². The first-order chi connectivity index (χ1) is 6.24. The van der Waals surface area contributed by atoms with E-state index in [1.54, 1.807) is 9.12 Å². The molecule has 68 valence electrons. The van der Waals surface area contributed by atoms with Crippen molar-refractivity contribution in [1.82, 2.24) is 8.96 Å². The minimum Gasteiger partial charge on any atom is -0.263 e. The van der Waals surface area contributed by atoms with Gasteiger partial charge in [-0.1, -0.05) is 0 Å². The standard InChI is InChI=1S/C9H9IN2S/c1-6-3-4-11-9-8(6)5-7(2)12(9)13-10/h3-5H,1-2H3. The van der Waals surface area contributed by atoms with Crippen LogP contribution < -0.4 is 0 Å². The van der Waals surface area contributed by atoms with Gasteiger partial charge in [-0.2, -0.15) is 0 Å². The lowest BCUT2D eigenvalue weighted by Crippen LogP contribution is -1.87. The van der Waals surface area contributed by atoms with Gasteiger partial charge >= 0.3 is 0 Å². The summed E-state index contributed by atoms with van der Waals surface area (Å²) >= 11 is 2.28. The molecular weight excluding hydrogens is 295 g/mol. The van der Waals surface area contributed by atoms with E-state index in [4.69, 9.17) is 0 Å². The second kappa shape index (κ2) is 3.49. The van der Waals surface area contributed by atoms with E-state index in [1.807, 2.05) is 12.3 Å². The van der Waals surface area contributed by atoms with Gasteiger partial charge in [0.15, 0.2) is 5.65 Å². The lowest BCUT2D eigenvalue weighted by Gasteiger charge is -1.99. The van der Waals surface area contributed by atoms with Crippen LogP contribution in [-0.2, 0) is 0 Å². The first-order valence-electron chi connectivity index (χ1n) is 3.97. The van der Waals surface area contributed by atoms with Crippen molar-refractivity contribution in [2.24, 2.45) is 0 Å². The molecule has 2 nitrogen and oxygen atoms in total. The molecule has 0 unspecified atom stereocenters. The minimum absolute atomic E-state index is 1.07. The maximum Gasteiger partial charge on any atom is 0.151 e. The van der Waals surface area contributed by atoms with E-state index >= 15 is 0 Å². The van der Waals surface area contributed by atoms with Gasteiger partial charge in [0.2, 0.25) is 0 Å². The molecule has 0 radical (unpaired) electrons. The first-order valence-corrected chi connectivity index (χ1v) is 7.28. The van der Waals surface area contributed by atoms with Crippen LogP contribution in [0.1, 0.15) is 11.3 Å². The summed E-state index contributed by atoms with van der Waals surface area (Å²) in [5, 5.41) is 1.25. The van der Waals surface area contributed by atoms with Gasteiger partial charge in [-0.25, -0.2) is 4.98 Å². The third-order valence-corrected chi connectivity index (χ3v) is 3.90. The zero-order valence-electron chi connectivity index (χ0n) is 7.41. The number of fused-ring (bicyclic) bond motifs is 1. The van der Waals surface area contributed by atoms with Gasteiger partial charge in [0, 0.05) is 47.6 Å². The molecule has 0 aliphatic heterocycles. The van der Waals surface area contributed by atoms with E-state index in [2.05, 4.69) is 50.1 Å². The van der Waals surface area contributed by atoms with E-state index in [-0.39, 0.29) is 0 Å². The molecule has 2 aromatic rings. The highest BCUT2D eigenvalue weighted by atomic mass is 127. The van der Waals surface area contributed by atoms with Crippen LogP contribution in [0.5, 0.6) is 0 Å². The summed E-state index contributed by atoms with van der Waals surface area (Å²) in [5.41, 5.74) is 3.60. The van der Waals surface area contributed by atoms with Crippen LogP contribution in [0.15, 0.2) is 18.3 Å². The molecule has 0 spiro atoms. The van der Waals surface area contributed by atoms with Gasteiger partial charge in [0.25, 0.3) is 0 Å². The van der Waals surface area contributed by atoms with Crippen molar-refractivity contribution in [1.29, 1.82) is 0 Å². The molecule has 0 aromatic carbocycles. The Morgan fingerprint density at radius 1 is 1.46 bits per heavy atom. The summed E-state index contributed by atoms with van der Waals surface area (Å²) in [6.45, 7) is 4.22. The second-order valence-electron chi connectivity index (χ2n) is 3.01. The average molecular weight is 304 g/mol. The molecule has 0 bridgehead atoms. The van der Waals surface area contributed by atoms with Crippen LogP contribution in [-0.4, -0.2) is 8.96 Å². The van der Waals surface area contributed by atoms with Crippen LogP contribution in [0, 0.1) is 13.8 Å². The fourth-order valence-electron chi connectivity index (χ4n) is 1.42. The molecule has 2 aromatic heterocycles.